The van der Waals surface area contributed by atoms with E-state index in [9.17, 15) is 66.7 Å². The zero-order chi connectivity index (χ0) is 20.2. The molecule has 17 heteroatoms. The molecule has 0 saturated heterocycles. The van der Waals surface area contributed by atoms with Crippen molar-refractivity contribution >= 4 is 11.8 Å². The Bertz CT molecular complexity index is 538. The number of Topliss-reactive ketones (excluding diaryl/α,β-unsaturated/α-hetero) is 1. The van der Waals surface area contributed by atoms with Gasteiger partial charge in [-0.2, -0.15) is 57.1 Å². The zero-order valence-corrected chi connectivity index (χ0v) is 10.9. The van der Waals surface area contributed by atoms with Crippen LogP contribution in [0.3, 0.4) is 0 Å². The third-order valence-corrected chi connectivity index (χ3v) is 2.41. The van der Waals surface area contributed by atoms with Gasteiger partial charge < -0.3 is 11.3 Å². The van der Waals surface area contributed by atoms with Crippen LogP contribution in [0.25, 0.3) is 0 Å². The quantitative estimate of drug-likeness (QED) is 0.519. The van der Waals surface area contributed by atoms with Gasteiger partial charge in [-0.3, -0.25) is 4.79 Å². The number of aliphatic carboxylic acids is 1. The number of carboxylic acid groups (broad SMARTS) is 1. The van der Waals surface area contributed by atoms with Gasteiger partial charge in [0.15, 0.2) is 0 Å². The number of carbonyl (C=O) groups excluding carboxylic acids is 1. The second kappa shape index (κ2) is 6.17. The maximum absolute atomic E-state index is 12.8. The van der Waals surface area contributed by atoms with Crippen LogP contribution in [-0.2, 0) is 9.59 Å². The number of carbonyl (C=O) groups is 2. The van der Waals surface area contributed by atoms with Gasteiger partial charge in [-0.05, 0) is 0 Å². The number of carboxylic acids is 1. The van der Waals surface area contributed by atoms with Gasteiger partial charge in [0.2, 0.25) is 0 Å². The molecule has 0 heterocycles. The van der Waals surface area contributed by atoms with E-state index < -0.39 is 47.5 Å². The molecule has 0 amide bonds. The van der Waals surface area contributed by atoms with Crippen LogP contribution in [0.4, 0.5) is 57.1 Å². The minimum absolute atomic E-state index is 0. The lowest BCUT2D eigenvalue weighted by atomic mass is 9.92. The normalized spacial score (nSPS) is 14.8. The maximum Gasteiger partial charge on any atom is 0.460 e. The topological polar surface area (TPSA) is 89.4 Å². The van der Waals surface area contributed by atoms with Crippen molar-refractivity contribution in [3.63, 3.8) is 0 Å². The molecule has 0 rings (SSSR count). The molecule has 0 atom stereocenters. The molecule has 0 radical (unpaired) electrons. The molecule has 0 aromatic carbocycles. The molecule has 0 spiro atoms. The van der Waals surface area contributed by atoms with E-state index in [-0.39, 0.29) is 6.15 Å². The Balaban J connectivity index is 0. The summed E-state index contributed by atoms with van der Waals surface area (Å²) in [4.78, 5) is 20.0. The molecule has 150 valence electrons. The van der Waals surface area contributed by atoms with Gasteiger partial charge in [-0.1, -0.05) is 0 Å². The lowest BCUT2D eigenvalue weighted by molar-refractivity contribution is -0.435. The van der Waals surface area contributed by atoms with Crippen molar-refractivity contribution in [3.05, 3.63) is 0 Å². The highest BCUT2D eigenvalue weighted by Gasteiger charge is 2.91. The molecule has 0 aliphatic carbocycles. The molecule has 0 aromatic heterocycles. The van der Waals surface area contributed by atoms with Crippen LogP contribution >= 0.6 is 0 Å². The Morgan fingerprint density at radius 1 is 0.560 bits per heavy atom. The smallest absolute Gasteiger partial charge is 0.460 e. The van der Waals surface area contributed by atoms with Crippen LogP contribution in [0.15, 0.2) is 0 Å². The van der Waals surface area contributed by atoms with Crippen molar-refractivity contribution < 1.29 is 71.8 Å². The highest BCUT2D eigenvalue weighted by Crippen LogP contribution is 2.60. The number of alkyl halides is 13. The first-order valence-corrected chi connectivity index (χ1v) is 4.84. The van der Waals surface area contributed by atoms with E-state index in [0.29, 0.717) is 0 Å². The largest absolute Gasteiger partial charge is 0.475 e. The minimum atomic E-state index is -8.19. The van der Waals surface area contributed by atoms with Gasteiger partial charge in [-0.25, -0.2) is 4.79 Å². The standard InChI is InChI=1S/C8HF13O3.H3N/c9-3(10,1(22)2(23)24)4(11,12)5(13,14)6(15,16)7(17,18)8(19,20)21;/h(H,23,24);1H3. The molecule has 4 nitrogen and oxygen atoms in total. The van der Waals surface area contributed by atoms with Crippen molar-refractivity contribution in [1.82, 2.24) is 6.15 Å². The first kappa shape index (κ1) is 25.4. The molecule has 0 unspecified atom stereocenters. The summed E-state index contributed by atoms with van der Waals surface area (Å²) in [6.07, 6.45) is -7.58. The predicted molar refractivity (Wildman–Crippen MR) is 48.5 cm³/mol. The van der Waals surface area contributed by atoms with Crippen molar-refractivity contribution in [2.75, 3.05) is 0 Å². The lowest BCUT2D eigenvalue weighted by Crippen LogP contribution is -2.71. The summed E-state index contributed by atoms with van der Waals surface area (Å²) in [7, 11) is 0. The van der Waals surface area contributed by atoms with Gasteiger partial charge >= 0.3 is 47.5 Å². The Hall–Kier alpha value is -1.81. The van der Waals surface area contributed by atoms with Gasteiger partial charge in [0.05, 0.1) is 0 Å². The van der Waals surface area contributed by atoms with E-state index >= 15 is 0 Å². The van der Waals surface area contributed by atoms with Crippen molar-refractivity contribution in [2.24, 2.45) is 0 Å². The van der Waals surface area contributed by atoms with Crippen LogP contribution in [-0.4, -0.2) is 52.6 Å². The average molecular weight is 409 g/mol. The van der Waals surface area contributed by atoms with E-state index in [0.717, 1.165) is 0 Å². The fourth-order valence-corrected chi connectivity index (χ4v) is 1.05. The summed E-state index contributed by atoms with van der Waals surface area (Å²) in [5.41, 5.74) is 0. The van der Waals surface area contributed by atoms with E-state index in [1.165, 1.54) is 0 Å². The molecule has 0 fully saturated rings. The Morgan fingerprint density at radius 2 is 0.840 bits per heavy atom. The Kier molecular flexibility index (Phi) is 6.27. The molecular weight excluding hydrogens is 405 g/mol. The number of rotatable bonds is 6. The van der Waals surface area contributed by atoms with Crippen LogP contribution in [0.2, 0.25) is 0 Å². The van der Waals surface area contributed by atoms with Crippen molar-refractivity contribution in [3.8, 4) is 0 Å². The highest BCUT2D eigenvalue weighted by atomic mass is 19.4. The summed E-state index contributed by atoms with van der Waals surface area (Å²) >= 11 is 0. The monoisotopic (exact) mass is 409 g/mol. The van der Waals surface area contributed by atoms with E-state index in [2.05, 4.69) is 0 Å². The van der Waals surface area contributed by atoms with Crippen LogP contribution in [0.5, 0.6) is 0 Å². The van der Waals surface area contributed by atoms with Crippen molar-refractivity contribution in [1.29, 1.82) is 0 Å². The lowest BCUT2D eigenvalue weighted by Gasteiger charge is -2.38. The first-order valence-electron chi connectivity index (χ1n) is 4.84. The van der Waals surface area contributed by atoms with Crippen LogP contribution in [0.1, 0.15) is 0 Å². The van der Waals surface area contributed by atoms with Crippen molar-refractivity contribution in [2.45, 2.75) is 35.8 Å². The second-order valence-corrected chi connectivity index (χ2v) is 4.00. The highest BCUT2D eigenvalue weighted by molar-refractivity contribution is 6.35. The fraction of sp³-hybridized carbons (Fsp3) is 0.750. The predicted octanol–water partition coefficient (Wildman–Crippen LogP) is 3.54. The van der Waals surface area contributed by atoms with Gasteiger partial charge in [0.1, 0.15) is 0 Å². The average Bonchev–Trinajstić information content (AvgIpc) is 2.35. The second-order valence-electron chi connectivity index (χ2n) is 4.00. The third-order valence-electron chi connectivity index (χ3n) is 2.41. The molecule has 25 heavy (non-hydrogen) atoms. The first-order chi connectivity index (χ1) is 10.1. The SMILES string of the molecule is N.O=C(O)C(=O)C(F)(F)C(F)(F)C(F)(F)C(F)(F)C(F)(F)C(F)(F)F. The van der Waals surface area contributed by atoms with Gasteiger partial charge in [0, 0.05) is 0 Å². The number of ketones is 1. The summed E-state index contributed by atoms with van der Waals surface area (Å²) in [5.74, 6) is -47.2. The molecule has 0 aliphatic heterocycles. The fourth-order valence-electron chi connectivity index (χ4n) is 1.05. The van der Waals surface area contributed by atoms with E-state index in [1.807, 2.05) is 0 Å². The zero-order valence-electron chi connectivity index (χ0n) is 10.9. The van der Waals surface area contributed by atoms with E-state index in [1.54, 1.807) is 0 Å². The summed E-state index contributed by atoms with van der Waals surface area (Å²) in [6.45, 7) is 0. The maximum atomic E-state index is 12.8. The van der Waals surface area contributed by atoms with Crippen LogP contribution in [0, 0.1) is 0 Å². The van der Waals surface area contributed by atoms with Gasteiger partial charge in [-0.15, -0.1) is 0 Å². The Labute approximate surface area is 127 Å². The third kappa shape index (κ3) is 3.20. The molecule has 0 bridgehead atoms. The molecular formula is C8H4F13NO3. The number of hydrogen-bond acceptors (Lipinski definition) is 3. The molecule has 0 aliphatic rings. The summed E-state index contributed by atoms with van der Waals surface area (Å²) in [6, 6.07) is 0. The van der Waals surface area contributed by atoms with Crippen LogP contribution < -0.4 is 6.15 Å². The minimum Gasteiger partial charge on any atom is -0.475 e. The number of halogens is 13. The molecule has 4 N–H and O–H groups in total. The number of hydrogen-bond donors (Lipinski definition) is 2. The molecule has 0 aromatic rings. The van der Waals surface area contributed by atoms with E-state index in [4.69, 9.17) is 5.11 Å². The summed E-state index contributed by atoms with van der Waals surface area (Å²) < 4.78 is 162. The molecule has 0 saturated carbocycles. The van der Waals surface area contributed by atoms with Gasteiger partial charge in [0.25, 0.3) is 0 Å². The Morgan fingerprint density at radius 3 is 1.08 bits per heavy atom. The summed E-state index contributed by atoms with van der Waals surface area (Å²) in [5, 5.41) is 7.72.